The summed E-state index contributed by atoms with van der Waals surface area (Å²) in [5.41, 5.74) is 7.65. The average molecular weight is 1030 g/mol. The number of fused-ring (bicyclic) bond motifs is 6. The van der Waals surface area contributed by atoms with Crippen LogP contribution in [0.1, 0.15) is 116 Å². The predicted octanol–water partition coefficient (Wildman–Crippen LogP) is 5.57. The molecule has 2 aliphatic rings. The second kappa shape index (κ2) is 21.3. The van der Waals surface area contributed by atoms with Crippen molar-refractivity contribution in [3.05, 3.63) is 65.4 Å². The normalized spacial score (nSPS) is 16.0. The molecule has 4 amide bonds. The molecule has 3 aromatic carbocycles. The Kier molecular flexibility index (Phi) is 15.7. The minimum atomic E-state index is -0.791. The molecular weight excluding hydrogens is 968 g/mol. The molecule has 0 spiro atoms. The van der Waals surface area contributed by atoms with Crippen LogP contribution in [-0.2, 0) is 30.4 Å². The number of imidazole rings is 2. The number of carbonyl (C=O) groups is 4. The molecule has 6 atom stereocenters. The summed E-state index contributed by atoms with van der Waals surface area (Å²) in [6.07, 6.45) is 1.60. The molecule has 0 radical (unpaired) electrons. The summed E-state index contributed by atoms with van der Waals surface area (Å²) in [6.45, 7) is 17.0. The summed E-state index contributed by atoms with van der Waals surface area (Å²) >= 11 is -0.337. The van der Waals surface area contributed by atoms with Gasteiger partial charge in [-0.15, -0.1) is 0 Å². The van der Waals surface area contributed by atoms with Crippen molar-refractivity contribution >= 4 is 45.8 Å². The number of rotatable bonds is 19. The maximum absolute atomic E-state index is 14.3. The van der Waals surface area contributed by atoms with Gasteiger partial charge in [-0.3, -0.25) is 4.79 Å². The quantitative estimate of drug-likeness (QED) is 0.0462. The number of carbonyl (C=O) groups excluding carboxylic acids is 4. The van der Waals surface area contributed by atoms with Gasteiger partial charge in [0.15, 0.2) is 0 Å². The number of H-pyrrole nitrogens is 2. The number of hydrogen-bond donors (Lipinski definition) is 4. The number of alkyl carbamates (subject to hydrolysis) is 2. The Balaban J connectivity index is 1.20. The van der Waals surface area contributed by atoms with Crippen molar-refractivity contribution in [1.29, 1.82) is 0 Å². The maximum atomic E-state index is 14.3. The van der Waals surface area contributed by atoms with Gasteiger partial charge >= 0.3 is 227 Å². The van der Waals surface area contributed by atoms with E-state index in [1.54, 1.807) is 18.9 Å². The van der Waals surface area contributed by atoms with Crippen LogP contribution in [0.3, 0.4) is 0 Å². The van der Waals surface area contributed by atoms with Crippen LogP contribution in [-0.4, -0.2) is 109 Å². The minimum absolute atomic E-state index is 0.0259. The van der Waals surface area contributed by atoms with Gasteiger partial charge in [-0.2, -0.15) is 0 Å². The SMILES string of the molecule is CC[I-][C@@H](CC)N(C(=O)[C@H](C)NC(=O)OC)[C@@H](C)c1nc2c(ccc3cc4c(cc32)OCc2cc(-c3nc([C@H](C)N(C[C@H](C)COC)C(=O)[C@@H](NC(=O)OC)C(C)C)[nH]c3C3CC3)ccc2-4)[nH]1. The van der Waals surface area contributed by atoms with E-state index in [0.717, 1.165) is 84.9 Å². The second-order valence-corrected chi connectivity index (χ2v) is 21.9. The molecule has 67 heavy (non-hydrogen) atoms. The third kappa shape index (κ3) is 10.5. The van der Waals surface area contributed by atoms with E-state index in [4.69, 9.17) is 28.9 Å². The van der Waals surface area contributed by atoms with Gasteiger partial charge in [-0.1, -0.05) is 26.8 Å². The molecule has 16 nitrogen and oxygen atoms in total. The number of ether oxygens (including phenoxy) is 4. The first-order valence-electron chi connectivity index (χ1n) is 23.3. The van der Waals surface area contributed by atoms with Gasteiger partial charge in [0, 0.05) is 30.8 Å². The Hall–Kier alpha value is -5.43. The molecular formula is C50H66IN8O8-. The van der Waals surface area contributed by atoms with Gasteiger partial charge < -0.3 is 24.7 Å². The van der Waals surface area contributed by atoms with E-state index in [1.807, 2.05) is 45.6 Å². The summed E-state index contributed by atoms with van der Waals surface area (Å²) in [5.74, 6) is 1.91. The summed E-state index contributed by atoms with van der Waals surface area (Å²) in [7, 11) is 4.23. The van der Waals surface area contributed by atoms with Gasteiger partial charge in [0.1, 0.15) is 11.9 Å². The van der Waals surface area contributed by atoms with Gasteiger partial charge in [0.2, 0.25) is 5.91 Å². The first kappa shape index (κ1) is 49.5. The topological polar surface area (TPSA) is 193 Å². The van der Waals surface area contributed by atoms with Crippen molar-refractivity contribution in [3.8, 4) is 28.1 Å². The molecule has 1 fully saturated rings. The Morgan fingerprint density at radius 2 is 1.57 bits per heavy atom. The summed E-state index contributed by atoms with van der Waals surface area (Å²) < 4.78 is 22.7. The molecule has 0 bridgehead atoms. The Morgan fingerprint density at radius 1 is 0.851 bits per heavy atom. The fourth-order valence-corrected chi connectivity index (χ4v) is 11.9. The zero-order valence-corrected chi connectivity index (χ0v) is 42.7. The fourth-order valence-electron chi connectivity index (χ4n) is 9.06. The molecule has 1 aliphatic heterocycles. The summed E-state index contributed by atoms with van der Waals surface area (Å²) in [4.78, 5) is 74.0. The van der Waals surface area contributed by atoms with Gasteiger partial charge in [-0.25, -0.2) is 9.78 Å². The van der Waals surface area contributed by atoms with Crippen LogP contribution in [0.5, 0.6) is 5.75 Å². The van der Waals surface area contributed by atoms with Crippen molar-refractivity contribution in [2.75, 3.05) is 38.9 Å². The fraction of sp³-hybridized carbons (Fsp3) is 0.520. The number of nitrogens with zero attached hydrogens (tertiary/aromatic N) is 4. The molecule has 1 aliphatic carbocycles. The average Bonchev–Trinajstić information content (AvgIpc) is 3.91. The molecule has 17 heteroatoms. The van der Waals surface area contributed by atoms with Crippen LogP contribution >= 0.6 is 0 Å². The number of aromatic amines is 2. The van der Waals surface area contributed by atoms with E-state index in [1.165, 1.54) is 14.2 Å². The van der Waals surface area contributed by atoms with E-state index in [2.05, 4.69) is 70.8 Å². The molecule has 1 saturated carbocycles. The van der Waals surface area contributed by atoms with Crippen molar-refractivity contribution < 1.29 is 59.3 Å². The standard InChI is InChI=1S/C50H66IN8O8/c1-12-40(51-13-2)59(47(60)28(6)52-49(62)65-10)30(8)46-53-38-19-17-32-21-37-35-18-16-33(20-34(35)25-67-39(37)22-36(32)44(38)56-46)43-42(31-14-15-31)54-45(55-43)29(7)58(23-27(5)24-64-9)48(61)41(26(3)4)57-50(63)66-11/h16-22,26-31,40-41H,12-15,23-25H2,1-11H3,(H,52,62)(H,53,56)(H,54,55)(H,57,63)/q-1/t27-,28-,29-,30-,40+,41-/m0/s1. The van der Waals surface area contributed by atoms with E-state index < -0.39 is 30.3 Å². The van der Waals surface area contributed by atoms with Gasteiger partial charge in [-0.05, 0) is 37.7 Å². The zero-order valence-electron chi connectivity index (χ0n) is 40.5. The molecule has 362 valence electrons. The number of alkyl halides is 2. The van der Waals surface area contributed by atoms with Crippen LogP contribution in [0.4, 0.5) is 9.59 Å². The van der Waals surface area contributed by atoms with Crippen LogP contribution in [0.15, 0.2) is 42.5 Å². The second-order valence-electron chi connectivity index (χ2n) is 18.1. The molecule has 5 aromatic rings. The van der Waals surface area contributed by atoms with E-state index in [-0.39, 0.29) is 54.9 Å². The Labute approximate surface area is 403 Å². The summed E-state index contributed by atoms with van der Waals surface area (Å²) in [6, 6.07) is 12.4. The number of nitrogens with one attached hydrogen (secondary N) is 4. The summed E-state index contributed by atoms with van der Waals surface area (Å²) in [5, 5.41) is 7.36. The number of aromatic nitrogens is 4. The number of benzene rings is 3. The monoisotopic (exact) mass is 1030 g/mol. The third-order valence-corrected chi connectivity index (χ3v) is 16.2. The van der Waals surface area contributed by atoms with Gasteiger partial charge in [0.25, 0.3) is 0 Å². The van der Waals surface area contributed by atoms with Crippen molar-refractivity contribution in [2.45, 2.75) is 115 Å². The van der Waals surface area contributed by atoms with E-state index in [9.17, 15) is 19.2 Å². The van der Waals surface area contributed by atoms with Crippen LogP contribution in [0.25, 0.3) is 44.2 Å². The molecule has 0 unspecified atom stereocenters. The predicted molar refractivity (Wildman–Crippen MR) is 253 cm³/mol. The van der Waals surface area contributed by atoms with E-state index in [0.29, 0.717) is 37.3 Å². The molecule has 3 heterocycles. The molecule has 4 N–H and O–H groups in total. The van der Waals surface area contributed by atoms with Crippen molar-refractivity contribution in [2.24, 2.45) is 11.8 Å². The zero-order chi connectivity index (χ0) is 48.3. The number of halogens is 1. The van der Waals surface area contributed by atoms with Crippen LogP contribution in [0, 0.1) is 11.8 Å². The number of hydrogen-bond acceptors (Lipinski definition) is 10. The molecule has 7 rings (SSSR count). The van der Waals surface area contributed by atoms with Crippen LogP contribution < -0.4 is 36.6 Å². The van der Waals surface area contributed by atoms with Crippen molar-refractivity contribution in [1.82, 2.24) is 40.4 Å². The van der Waals surface area contributed by atoms with Gasteiger partial charge in [0.05, 0.1) is 25.5 Å². The first-order valence-corrected chi connectivity index (χ1v) is 26.1. The molecule has 2 aromatic heterocycles. The first-order chi connectivity index (χ1) is 32.1. The van der Waals surface area contributed by atoms with E-state index >= 15 is 0 Å². The third-order valence-electron chi connectivity index (χ3n) is 12.8. The molecule has 0 saturated heterocycles. The Bertz CT molecular complexity index is 2610. The van der Waals surface area contributed by atoms with Crippen LogP contribution in [0.2, 0.25) is 0 Å². The number of methoxy groups -OCH3 is 3. The van der Waals surface area contributed by atoms with Crippen molar-refractivity contribution in [3.63, 3.8) is 0 Å². The Morgan fingerprint density at radius 3 is 2.22 bits per heavy atom. The number of amides is 4.